The molecule has 0 spiro atoms. The summed E-state index contributed by atoms with van der Waals surface area (Å²) in [6.45, 7) is 6.38. The van der Waals surface area contributed by atoms with Gasteiger partial charge in [0.15, 0.2) is 0 Å². The third-order valence-electron chi connectivity index (χ3n) is 2.68. The summed E-state index contributed by atoms with van der Waals surface area (Å²) in [6.07, 6.45) is 0.889. The van der Waals surface area contributed by atoms with Crippen LogP contribution < -0.4 is 5.32 Å². The summed E-state index contributed by atoms with van der Waals surface area (Å²) in [6, 6.07) is 4.52. The minimum atomic E-state index is -0.472. The van der Waals surface area contributed by atoms with Crippen molar-refractivity contribution in [2.75, 3.05) is 6.54 Å². The van der Waals surface area contributed by atoms with Crippen LogP contribution in [-0.2, 0) is 0 Å². The van der Waals surface area contributed by atoms with Gasteiger partial charge in [-0.25, -0.2) is 0 Å². The molecule has 0 fully saturated rings. The van der Waals surface area contributed by atoms with Gasteiger partial charge in [-0.15, -0.1) is 0 Å². The minimum absolute atomic E-state index is 0.0218. The van der Waals surface area contributed by atoms with Crippen molar-refractivity contribution in [1.82, 2.24) is 5.32 Å². The predicted molar refractivity (Wildman–Crippen MR) is 69.6 cm³/mol. The fourth-order valence-corrected chi connectivity index (χ4v) is 1.52. The Balaban J connectivity index is 2.74. The summed E-state index contributed by atoms with van der Waals surface area (Å²) in [5, 5.41) is 13.5. The molecule has 0 aliphatic carbocycles. The second kappa shape index (κ2) is 6.14. The summed E-state index contributed by atoms with van der Waals surface area (Å²) in [4.78, 5) is 22.1. The van der Waals surface area contributed by atoms with Gasteiger partial charge in [0, 0.05) is 23.7 Å². The van der Waals surface area contributed by atoms with Gasteiger partial charge in [-0.3, -0.25) is 14.9 Å². The molecule has 0 aromatic heterocycles. The molecule has 1 N–H and O–H groups in total. The maximum atomic E-state index is 11.8. The normalized spacial score (nSPS) is 10.4. The Morgan fingerprint density at radius 1 is 1.44 bits per heavy atom. The van der Waals surface area contributed by atoms with Crippen LogP contribution in [0.5, 0.6) is 0 Å². The predicted octanol–water partition coefficient (Wildman–Crippen LogP) is 2.68. The molecule has 1 aromatic rings. The van der Waals surface area contributed by atoms with Gasteiger partial charge in [0.25, 0.3) is 11.6 Å². The van der Waals surface area contributed by atoms with Crippen LogP contribution in [0.3, 0.4) is 0 Å². The van der Waals surface area contributed by atoms with Crippen LogP contribution in [0.2, 0.25) is 0 Å². The second-order valence-electron chi connectivity index (χ2n) is 4.70. The Morgan fingerprint density at radius 3 is 2.67 bits per heavy atom. The van der Waals surface area contributed by atoms with Gasteiger partial charge in [0.05, 0.1) is 4.92 Å². The number of hydrogen-bond donors (Lipinski definition) is 1. The highest BCUT2D eigenvalue weighted by atomic mass is 16.6. The highest BCUT2D eigenvalue weighted by molar-refractivity contribution is 5.94. The molecular weight excluding hydrogens is 232 g/mol. The third-order valence-corrected chi connectivity index (χ3v) is 2.68. The number of carbonyl (C=O) groups excluding carboxylic acids is 1. The highest BCUT2D eigenvalue weighted by Crippen LogP contribution is 2.19. The Bertz CT molecular complexity index is 456. The van der Waals surface area contributed by atoms with Gasteiger partial charge in [-0.05, 0) is 25.3 Å². The van der Waals surface area contributed by atoms with E-state index < -0.39 is 4.92 Å². The Kier molecular flexibility index (Phi) is 4.83. The molecule has 1 aromatic carbocycles. The zero-order valence-corrected chi connectivity index (χ0v) is 10.9. The summed E-state index contributed by atoms with van der Waals surface area (Å²) in [5.74, 6) is 0.247. The first-order valence-corrected chi connectivity index (χ1v) is 5.95. The van der Waals surface area contributed by atoms with Crippen molar-refractivity contribution in [2.24, 2.45) is 5.92 Å². The molecule has 98 valence electrons. The lowest BCUT2D eigenvalue weighted by molar-refractivity contribution is -0.385. The number of nitrogens with zero attached hydrogens (tertiary/aromatic N) is 1. The highest BCUT2D eigenvalue weighted by Gasteiger charge is 2.14. The molecule has 0 aliphatic heterocycles. The number of nitro benzene ring substituents is 1. The van der Waals surface area contributed by atoms with Crippen LogP contribution in [0, 0.1) is 23.0 Å². The fourth-order valence-electron chi connectivity index (χ4n) is 1.52. The summed E-state index contributed by atoms with van der Waals surface area (Å²) in [5.41, 5.74) is 0.862. The van der Waals surface area contributed by atoms with Gasteiger partial charge >= 0.3 is 0 Å². The van der Waals surface area contributed by atoms with Crippen LogP contribution in [0.15, 0.2) is 18.2 Å². The van der Waals surface area contributed by atoms with Crippen LogP contribution in [0.25, 0.3) is 0 Å². The summed E-state index contributed by atoms with van der Waals surface area (Å²) >= 11 is 0. The molecule has 0 saturated heterocycles. The lowest BCUT2D eigenvalue weighted by Crippen LogP contribution is -2.25. The molecule has 18 heavy (non-hydrogen) atoms. The van der Waals surface area contributed by atoms with Crippen molar-refractivity contribution in [1.29, 1.82) is 0 Å². The maximum absolute atomic E-state index is 11.8. The molecule has 0 atom stereocenters. The largest absolute Gasteiger partial charge is 0.352 e. The Labute approximate surface area is 106 Å². The van der Waals surface area contributed by atoms with Gasteiger partial charge in [-0.1, -0.05) is 19.9 Å². The monoisotopic (exact) mass is 250 g/mol. The van der Waals surface area contributed by atoms with Crippen LogP contribution in [-0.4, -0.2) is 17.4 Å². The third kappa shape index (κ3) is 3.84. The molecule has 0 aliphatic rings. The number of amides is 1. The number of nitrogens with one attached hydrogen (secondary N) is 1. The smallest absolute Gasteiger partial charge is 0.273 e. The van der Waals surface area contributed by atoms with Gasteiger partial charge in [-0.2, -0.15) is 0 Å². The number of carbonyl (C=O) groups is 1. The van der Waals surface area contributed by atoms with E-state index in [9.17, 15) is 14.9 Å². The van der Waals surface area contributed by atoms with E-state index in [-0.39, 0.29) is 11.6 Å². The van der Waals surface area contributed by atoms with Crippen LogP contribution in [0.4, 0.5) is 5.69 Å². The quantitative estimate of drug-likeness (QED) is 0.645. The number of hydrogen-bond acceptors (Lipinski definition) is 3. The van der Waals surface area contributed by atoms with Crippen LogP contribution >= 0.6 is 0 Å². The second-order valence-corrected chi connectivity index (χ2v) is 4.70. The standard InChI is InChI=1S/C13H18N2O3/c1-9(2)6-7-14-13(16)11-5-4-10(3)12(8-11)15(17)18/h4-5,8-9H,6-7H2,1-3H3,(H,14,16). The average molecular weight is 250 g/mol. The van der Waals surface area contributed by atoms with E-state index in [4.69, 9.17) is 0 Å². The first-order valence-electron chi connectivity index (χ1n) is 5.95. The van der Waals surface area contributed by atoms with E-state index in [2.05, 4.69) is 19.2 Å². The average Bonchev–Trinajstić information content (AvgIpc) is 2.28. The molecular formula is C13H18N2O3. The molecule has 5 heteroatoms. The molecule has 0 heterocycles. The van der Waals surface area contributed by atoms with E-state index in [1.54, 1.807) is 19.1 Å². The lowest BCUT2D eigenvalue weighted by atomic mass is 10.1. The van der Waals surface area contributed by atoms with Crippen LogP contribution in [0.1, 0.15) is 36.2 Å². The summed E-state index contributed by atoms with van der Waals surface area (Å²) < 4.78 is 0. The van der Waals surface area contributed by atoms with Gasteiger partial charge in [0.2, 0.25) is 0 Å². The van der Waals surface area contributed by atoms with E-state index in [1.165, 1.54) is 6.07 Å². The topological polar surface area (TPSA) is 72.2 Å². The van der Waals surface area contributed by atoms with Crippen molar-refractivity contribution in [3.05, 3.63) is 39.4 Å². The Morgan fingerprint density at radius 2 is 2.11 bits per heavy atom. The van der Waals surface area contributed by atoms with E-state index in [0.717, 1.165) is 6.42 Å². The molecule has 0 bridgehead atoms. The van der Waals surface area contributed by atoms with Crippen molar-refractivity contribution in [3.63, 3.8) is 0 Å². The number of rotatable bonds is 5. The maximum Gasteiger partial charge on any atom is 0.273 e. The van der Waals surface area contributed by atoms with Crippen molar-refractivity contribution < 1.29 is 9.72 Å². The van der Waals surface area contributed by atoms with E-state index >= 15 is 0 Å². The molecule has 0 radical (unpaired) electrons. The first kappa shape index (κ1) is 14.2. The number of aryl methyl sites for hydroxylation is 1. The van der Waals surface area contributed by atoms with Crippen molar-refractivity contribution in [2.45, 2.75) is 27.2 Å². The first-order chi connectivity index (χ1) is 8.41. The summed E-state index contributed by atoms with van der Waals surface area (Å²) in [7, 11) is 0. The number of benzene rings is 1. The molecule has 0 saturated carbocycles. The molecule has 5 nitrogen and oxygen atoms in total. The zero-order valence-electron chi connectivity index (χ0n) is 10.9. The fraction of sp³-hybridized carbons (Fsp3) is 0.462. The van der Waals surface area contributed by atoms with Crippen molar-refractivity contribution in [3.8, 4) is 0 Å². The van der Waals surface area contributed by atoms with Gasteiger partial charge < -0.3 is 5.32 Å². The lowest BCUT2D eigenvalue weighted by Gasteiger charge is -2.07. The van der Waals surface area contributed by atoms with E-state index in [1.807, 2.05) is 0 Å². The Hall–Kier alpha value is -1.91. The molecule has 0 unspecified atom stereocenters. The minimum Gasteiger partial charge on any atom is -0.352 e. The van der Waals surface area contributed by atoms with Crippen molar-refractivity contribution >= 4 is 11.6 Å². The van der Waals surface area contributed by atoms with Gasteiger partial charge in [0.1, 0.15) is 0 Å². The SMILES string of the molecule is Cc1ccc(C(=O)NCCC(C)C)cc1[N+](=O)[O-]. The zero-order chi connectivity index (χ0) is 13.7. The molecule has 1 amide bonds. The van der Waals surface area contributed by atoms with E-state index in [0.29, 0.717) is 23.6 Å². The number of nitro groups is 1. The molecule has 1 rings (SSSR count).